The summed E-state index contributed by atoms with van der Waals surface area (Å²) in [5.41, 5.74) is 8.28. The quantitative estimate of drug-likeness (QED) is 0.219. The Balaban J connectivity index is 1.43. The topological polar surface area (TPSA) is 52.5 Å². The third kappa shape index (κ3) is 3.57. The summed E-state index contributed by atoms with van der Waals surface area (Å²) in [5.74, 6) is 0. The number of nitrogens with zero attached hydrogens (tertiary/aromatic N) is 3. The van der Waals surface area contributed by atoms with Crippen molar-refractivity contribution >= 4 is 53.3 Å². The normalized spacial score (nSPS) is 11.3. The SMILES string of the molecule is N#Cc1ccc2c(c1)c1ccccc1n2-c1c(C#N)cccc1-c1ccccc1-c1ccc2sc3ccccc3c2c1. The molecule has 0 radical (unpaired) electrons. The van der Waals surface area contributed by atoms with Gasteiger partial charge in [-0.2, -0.15) is 10.5 Å². The van der Waals surface area contributed by atoms with Crippen LogP contribution >= 0.6 is 11.3 Å². The number of benzene rings is 6. The Morgan fingerprint density at radius 2 is 1.21 bits per heavy atom. The molecule has 4 heteroatoms. The molecule has 0 fully saturated rings. The Hall–Kier alpha value is -5.68. The molecule has 0 saturated carbocycles. The largest absolute Gasteiger partial charge is 0.307 e. The van der Waals surface area contributed by atoms with Crippen molar-refractivity contribution in [2.75, 3.05) is 0 Å². The Morgan fingerprint density at radius 3 is 2.07 bits per heavy atom. The standard InChI is InChI=1S/C38H21N3S/c39-22-24-16-18-35-32(20-24)29-11-3-5-14-34(29)41(35)38-26(23-40)8-7-13-31(38)28-10-2-1-9-27(28)25-17-19-37-33(21-25)30-12-4-6-15-36(30)42-37/h1-21H. The highest BCUT2D eigenvalue weighted by Gasteiger charge is 2.21. The second kappa shape index (κ2) is 9.46. The summed E-state index contributed by atoms with van der Waals surface area (Å²) >= 11 is 1.82. The van der Waals surface area contributed by atoms with Gasteiger partial charge in [-0.05, 0) is 65.2 Å². The van der Waals surface area contributed by atoms with Crippen molar-refractivity contribution < 1.29 is 0 Å². The van der Waals surface area contributed by atoms with Crippen LogP contribution in [0.4, 0.5) is 0 Å². The van der Waals surface area contributed by atoms with Crippen LogP contribution in [0.1, 0.15) is 11.1 Å². The van der Waals surface area contributed by atoms with Crippen LogP contribution in [0, 0.1) is 22.7 Å². The molecule has 0 spiro atoms. The lowest BCUT2D eigenvalue weighted by molar-refractivity contribution is 1.17. The van der Waals surface area contributed by atoms with Gasteiger partial charge in [-0.25, -0.2) is 0 Å². The van der Waals surface area contributed by atoms with Gasteiger partial charge in [-0.15, -0.1) is 11.3 Å². The first-order chi connectivity index (χ1) is 20.7. The lowest BCUT2D eigenvalue weighted by atomic mass is 9.91. The van der Waals surface area contributed by atoms with E-state index in [1.807, 2.05) is 53.8 Å². The summed E-state index contributed by atoms with van der Waals surface area (Å²) < 4.78 is 4.74. The van der Waals surface area contributed by atoms with Crippen molar-refractivity contribution in [1.82, 2.24) is 4.57 Å². The molecule has 0 bridgehead atoms. The molecule has 3 nitrogen and oxygen atoms in total. The zero-order valence-corrected chi connectivity index (χ0v) is 23.2. The Bertz CT molecular complexity index is 2450. The van der Waals surface area contributed by atoms with Gasteiger partial charge in [0.2, 0.25) is 0 Å². The Kier molecular flexibility index (Phi) is 5.44. The molecule has 0 unspecified atom stereocenters. The molecule has 0 aliphatic heterocycles. The minimum atomic E-state index is 0.591. The molecule has 8 aromatic rings. The van der Waals surface area contributed by atoms with Crippen LogP contribution in [0.5, 0.6) is 0 Å². The zero-order chi connectivity index (χ0) is 28.2. The van der Waals surface area contributed by atoms with E-state index in [0.29, 0.717) is 11.1 Å². The smallest absolute Gasteiger partial charge is 0.101 e. The lowest BCUT2D eigenvalue weighted by Crippen LogP contribution is -2.01. The molecule has 0 atom stereocenters. The van der Waals surface area contributed by atoms with E-state index in [2.05, 4.69) is 102 Å². The van der Waals surface area contributed by atoms with E-state index in [4.69, 9.17) is 0 Å². The number of aromatic nitrogens is 1. The first-order valence-electron chi connectivity index (χ1n) is 13.7. The molecule has 194 valence electrons. The van der Waals surface area contributed by atoms with Gasteiger partial charge in [0.1, 0.15) is 6.07 Å². The number of thiophene rings is 1. The van der Waals surface area contributed by atoms with Crippen molar-refractivity contribution in [3.05, 3.63) is 139 Å². The molecule has 0 aliphatic carbocycles. The van der Waals surface area contributed by atoms with E-state index in [9.17, 15) is 10.5 Å². The first-order valence-corrected chi connectivity index (χ1v) is 14.5. The second-order valence-electron chi connectivity index (χ2n) is 10.4. The Labute approximate surface area is 246 Å². The van der Waals surface area contributed by atoms with Gasteiger partial charge in [0.25, 0.3) is 0 Å². The van der Waals surface area contributed by atoms with E-state index in [-0.39, 0.29) is 0 Å². The van der Waals surface area contributed by atoms with Crippen LogP contribution in [0.2, 0.25) is 0 Å². The minimum absolute atomic E-state index is 0.591. The number of para-hydroxylation sites is 2. The highest BCUT2D eigenvalue weighted by Crippen LogP contribution is 2.42. The van der Waals surface area contributed by atoms with Crippen LogP contribution in [0.3, 0.4) is 0 Å². The van der Waals surface area contributed by atoms with E-state index in [1.165, 1.54) is 20.2 Å². The molecular formula is C38H21N3S. The zero-order valence-electron chi connectivity index (χ0n) is 22.4. The molecule has 8 rings (SSSR count). The predicted molar refractivity (Wildman–Crippen MR) is 174 cm³/mol. The third-order valence-corrected chi connectivity index (χ3v) is 9.24. The van der Waals surface area contributed by atoms with Gasteiger partial charge in [0.05, 0.1) is 33.9 Å². The van der Waals surface area contributed by atoms with Crippen molar-refractivity contribution in [2.24, 2.45) is 0 Å². The van der Waals surface area contributed by atoms with Crippen LogP contribution in [0.25, 0.3) is 69.9 Å². The van der Waals surface area contributed by atoms with Crippen LogP contribution in [0.15, 0.2) is 127 Å². The first kappa shape index (κ1) is 24.1. The van der Waals surface area contributed by atoms with Gasteiger partial charge in [0, 0.05) is 36.5 Å². The average Bonchev–Trinajstić information content (AvgIpc) is 3.59. The molecular weight excluding hydrogens is 531 g/mol. The molecule has 2 heterocycles. The number of nitriles is 2. The van der Waals surface area contributed by atoms with Gasteiger partial charge < -0.3 is 4.57 Å². The fourth-order valence-corrected chi connectivity index (χ4v) is 7.33. The van der Waals surface area contributed by atoms with E-state index >= 15 is 0 Å². The van der Waals surface area contributed by atoms with Gasteiger partial charge >= 0.3 is 0 Å². The monoisotopic (exact) mass is 551 g/mol. The molecule has 0 saturated heterocycles. The molecule has 0 N–H and O–H groups in total. The van der Waals surface area contributed by atoms with E-state index < -0.39 is 0 Å². The summed E-state index contributed by atoms with van der Waals surface area (Å²) in [4.78, 5) is 0. The summed E-state index contributed by atoms with van der Waals surface area (Å²) in [6.45, 7) is 0. The van der Waals surface area contributed by atoms with Gasteiger partial charge in [-0.1, -0.05) is 78.9 Å². The van der Waals surface area contributed by atoms with Gasteiger partial charge in [-0.3, -0.25) is 0 Å². The summed E-state index contributed by atoms with van der Waals surface area (Å²) in [5, 5.41) is 24.6. The number of hydrogen-bond acceptors (Lipinski definition) is 3. The Morgan fingerprint density at radius 1 is 0.500 bits per heavy atom. The molecule has 2 aromatic heterocycles. The maximum absolute atomic E-state index is 10.4. The fourth-order valence-electron chi connectivity index (χ4n) is 6.24. The highest BCUT2D eigenvalue weighted by atomic mass is 32.1. The second-order valence-corrected chi connectivity index (χ2v) is 11.4. The maximum atomic E-state index is 10.4. The van der Waals surface area contributed by atoms with Gasteiger partial charge in [0.15, 0.2) is 0 Å². The summed E-state index contributed by atoms with van der Waals surface area (Å²) in [6.07, 6.45) is 0. The van der Waals surface area contributed by atoms with Crippen molar-refractivity contribution in [3.63, 3.8) is 0 Å². The van der Waals surface area contributed by atoms with E-state index in [0.717, 1.165) is 49.7 Å². The molecule has 6 aromatic carbocycles. The van der Waals surface area contributed by atoms with Crippen molar-refractivity contribution in [1.29, 1.82) is 10.5 Å². The van der Waals surface area contributed by atoms with E-state index in [1.54, 1.807) is 0 Å². The van der Waals surface area contributed by atoms with Crippen molar-refractivity contribution in [2.45, 2.75) is 0 Å². The molecule has 0 amide bonds. The lowest BCUT2D eigenvalue weighted by Gasteiger charge is -2.18. The molecule has 42 heavy (non-hydrogen) atoms. The number of fused-ring (bicyclic) bond motifs is 6. The minimum Gasteiger partial charge on any atom is -0.307 e. The summed E-state index contributed by atoms with van der Waals surface area (Å²) in [7, 11) is 0. The predicted octanol–water partition coefficient (Wildman–Crippen LogP) is 10.2. The average molecular weight is 552 g/mol. The maximum Gasteiger partial charge on any atom is 0.101 e. The number of hydrogen-bond donors (Lipinski definition) is 0. The fraction of sp³-hybridized carbons (Fsp3) is 0. The van der Waals surface area contributed by atoms with Crippen LogP contribution in [-0.2, 0) is 0 Å². The van der Waals surface area contributed by atoms with Crippen LogP contribution in [-0.4, -0.2) is 4.57 Å². The van der Waals surface area contributed by atoms with Crippen molar-refractivity contribution in [3.8, 4) is 40.1 Å². The summed E-state index contributed by atoms with van der Waals surface area (Å²) in [6, 6.07) is 48.4. The number of rotatable bonds is 3. The highest BCUT2D eigenvalue weighted by molar-refractivity contribution is 7.25. The third-order valence-electron chi connectivity index (χ3n) is 8.09. The molecule has 0 aliphatic rings. The van der Waals surface area contributed by atoms with Crippen LogP contribution < -0.4 is 0 Å².